The number of phenolic OH excluding ortho intramolecular Hbond substituents is 1. The summed E-state index contributed by atoms with van der Waals surface area (Å²) >= 11 is 0. The molecule has 0 fully saturated rings. The van der Waals surface area contributed by atoms with Crippen LogP contribution in [0, 0.1) is 51.4 Å². The second-order valence-corrected chi connectivity index (χ2v) is 25.2. The fourth-order valence-corrected chi connectivity index (χ4v) is 4.93. The zero-order valence-electron chi connectivity index (χ0n) is 78.0. The number of rotatable bonds is 21. The largest absolute Gasteiger partial charge is 0.508 e. The summed E-state index contributed by atoms with van der Waals surface area (Å²) < 4.78 is 13.4. The van der Waals surface area contributed by atoms with Gasteiger partial charge in [-0.3, -0.25) is 14.4 Å². The summed E-state index contributed by atoms with van der Waals surface area (Å²) in [5.41, 5.74) is 13.8. The van der Waals surface area contributed by atoms with E-state index >= 15 is 0 Å². The van der Waals surface area contributed by atoms with Gasteiger partial charge in [-0.05, 0) is 134 Å². The fourth-order valence-electron chi connectivity index (χ4n) is 4.93. The van der Waals surface area contributed by atoms with Crippen LogP contribution in [0.4, 0.5) is 0 Å². The maximum Gasteiger partial charge on any atom is 0.335 e. The maximum absolute atomic E-state index is 10.4. The number of aliphatic hydroxyl groups is 5. The number of allylic oxidation sites excluding steroid dienone is 2. The number of benzene rings is 4. The van der Waals surface area contributed by atoms with Crippen LogP contribution in [-0.4, -0.2) is 136 Å². The molecule has 0 saturated heterocycles. The fraction of sp³-hybridized carbons (Fsp3) is 0.735. The van der Waals surface area contributed by atoms with E-state index in [-0.39, 0.29) is 193 Å². The molecule has 4 aromatic rings. The Labute approximate surface area is 833 Å². The van der Waals surface area contributed by atoms with Crippen molar-refractivity contribution in [1.82, 2.24) is 0 Å². The molecule has 0 amide bonds. The van der Waals surface area contributed by atoms with Crippen molar-refractivity contribution in [3.05, 3.63) is 150 Å². The molecule has 0 aliphatic rings. The van der Waals surface area contributed by atoms with Crippen LogP contribution >= 0.6 is 0 Å². The van der Waals surface area contributed by atoms with Crippen LogP contribution in [0.1, 0.15) is 473 Å². The molecule has 4 rings (SSSR count). The highest BCUT2D eigenvalue weighted by atomic mass is 16.7. The van der Waals surface area contributed by atoms with Crippen LogP contribution in [0.2, 0.25) is 0 Å². The van der Waals surface area contributed by atoms with Gasteiger partial charge in [0.15, 0.2) is 5.60 Å². The average Bonchev–Trinajstić information content (AvgIpc) is 0.895. The van der Waals surface area contributed by atoms with Crippen molar-refractivity contribution >= 4 is 23.9 Å². The number of phenols is 1. The molecular formula is C113H266N2O16. The van der Waals surface area contributed by atoms with Crippen LogP contribution < -0.4 is 11.5 Å². The second kappa shape index (κ2) is 232. The van der Waals surface area contributed by atoms with Crippen molar-refractivity contribution in [3.8, 4) is 5.75 Å². The summed E-state index contributed by atoms with van der Waals surface area (Å²) in [7, 11) is 2.77. The Bertz CT molecular complexity index is 2060. The normalized spacial score (nSPS) is 7.93. The number of nitrogens with two attached hydrogens (primary N) is 2. The molecule has 0 aliphatic heterocycles. The third-order valence-electron chi connectivity index (χ3n) is 12.2. The summed E-state index contributed by atoms with van der Waals surface area (Å²) in [6.07, 6.45) is 21.8. The number of hydrogen-bond acceptors (Lipinski definition) is 15. The van der Waals surface area contributed by atoms with E-state index < -0.39 is 42.2 Å². The van der Waals surface area contributed by atoms with E-state index in [9.17, 15) is 19.2 Å². The lowest BCUT2D eigenvalue weighted by Gasteiger charge is -2.18. The van der Waals surface area contributed by atoms with Gasteiger partial charge in [-0.2, -0.15) is 0 Å². The summed E-state index contributed by atoms with van der Waals surface area (Å²) in [5.74, 6) is -1.99. The Kier molecular flexibility index (Phi) is 429. The van der Waals surface area contributed by atoms with E-state index in [0.29, 0.717) is 12.4 Å². The molecule has 0 saturated carbocycles. The molecule has 131 heavy (non-hydrogen) atoms. The van der Waals surface area contributed by atoms with Crippen molar-refractivity contribution in [3.63, 3.8) is 0 Å². The number of para-hydroxylation sites is 1. The number of aryl methyl sites for hydroxylation is 4. The number of carboxylic acid groups (broad SMARTS) is 3. The number of esters is 1. The van der Waals surface area contributed by atoms with Gasteiger partial charge in [0.2, 0.25) is 0 Å². The number of carboxylic acids is 3. The molecule has 13 N–H and O–H groups in total. The number of methoxy groups -OCH3 is 2. The highest BCUT2D eigenvalue weighted by molar-refractivity contribution is 5.78. The van der Waals surface area contributed by atoms with Gasteiger partial charge in [-0.1, -0.05) is 513 Å². The standard InChI is InChI=1S/C9H18.C8H10.2C7H8.C6H10O4.C6H12O3.C6H12O2.C6H6O.C5H12O.C5H12.C4H10O3.C3H9N.6C3H8.C2H7N.CH4O2.20CH4/c1-4-6-7-8-9(3)5-2;1-7-5-3-4-6-8(7)2;2*1-7-5-3-2-4-6-7;1-4(6(8)9)3-5(7)10-2;1-3-6(9,4-2)5(7)8;1-3-5(4-2)6(7)8;7-6-4-2-1-3-5-6;1-3-5(6)4-2;1-4-5(2)3;1-6-4-7-3-2-5;1-2-3-4;6*1-3-2;1-2-3;2-1-3;;;;;;;;;;;;;;;;;;;;/h6-7,9H,4-5,8H2,1-3H3;3-6H,1-2H3;2*2-6H,1H3;4H,3H2,1-2H3,(H,8,9);9H,3-4H2,1-2H3,(H,7,8);5H,3-4H2,1-2H3,(H,7,8);1-5,7H;5-6H,3-4H2,1-2H3;5H,4H2,1-3H3;5H,2-4H2,1H3;2-4H2,1H3;6*3H2,1-2H3;2-3H2,1H3;2-3H,1H2;20*1H4. The van der Waals surface area contributed by atoms with Crippen LogP contribution in [0.15, 0.2) is 127 Å². The third kappa shape index (κ3) is 311. The van der Waals surface area contributed by atoms with Crippen LogP contribution in [-0.2, 0) is 33.4 Å². The van der Waals surface area contributed by atoms with Gasteiger partial charge in [0, 0.05) is 7.11 Å². The first-order valence-electron chi connectivity index (χ1n) is 41.3. The Morgan fingerprint density at radius 2 is 0.679 bits per heavy atom. The number of aliphatic carboxylic acids is 3. The molecule has 2 unspecified atom stereocenters. The van der Waals surface area contributed by atoms with E-state index in [1.807, 2.05) is 77.1 Å². The summed E-state index contributed by atoms with van der Waals surface area (Å²) in [6, 6.07) is 37.6. The Morgan fingerprint density at radius 1 is 0.420 bits per heavy atom. The lowest BCUT2D eigenvalue weighted by molar-refractivity contribution is -0.159. The van der Waals surface area contributed by atoms with Gasteiger partial charge in [-0.15, -0.1) is 0 Å². The summed E-state index contributed by atoms with van der Waals surface area (Å²) in [4.78, 5) is 41.0. The molecule has 18 heteroatoms. The number of carbonyl (C=O) groups excluding carboxylic acids is 1. The predicted octanol–water partition coefficient (Wildman–Crippen LogP) is 36.8. The molecule has 824 valence electrons. The minimum absolute atomic E-state index is 0. The number of carbonyl (C=O) groups is 4. The summed E-state index contributed by atoms with van der Waals surface area (Å²) in [5, 5.41) is 73.8. The number of ether oxygens (including phenoxy) is 3. The van der Waals surface area contributed by atoms with Gasteiger partial charge >= 0.3 is 23.9 Å². The van der Waals surface area contributed by atoms with Crippen molar-refractivity contribution in [1.29, 1.82) is 0 Å². The topological polar surface area (TPSA) is 330 Å². The third-order valence-corrected chi connectivity index (χ3v) is 12.2. The molecule has 0 aromatic heterocycles. The van der Waals surface area contributed by atoms with Crippen LogP contribution in [0.3, 0.4) is 0 Å². The lowest BCUT2D eigenvalue weighted by Crippen LogP contribution is -2.36. The first-order valence-corrected chi connectivity index (χ1v) is 41.3. The van der Waals surface area contributed by atoms with E-state index in [4.69, 9.17) is 57.4 Å². The van der Waals surface area contributed by atoms with Gasteiger partial charge in [-0.25, -0.2) is 4.79 Å². The van der Waals surface area contributed by atoms with E-state index in [1.54, 1.807) is 38.1 Å². The van der Waals surface area contributed by atoms with Crippen molar-refractivity contribution in [2.45, 2.75) is 490 Å². The molecule has 18 nitrogen and oxygen atoms in total. The molecule has 0 aliphatic carbocycles. The lowest BCUT2D eigenvalue weighted by atomic mass is 9.98. The Hall–Kier alpha value is -6.06. The zero-order valence-corrected chi connectivity index (χ0v) is 78.0. The van der Waals surface area contributed by atoms with E-state index in [2.05, 4.69) is 234 Å². The molecule has 0 heterocycles. The Balaban J connectivity index is -0.0000000214. The quantitative estimate of drug-likeness (QED) is 0.0160. The molecule has 2 atom stereocenters. The summed E-state index contributed by atoms with van der Waals surface area (Å²) in [6.45, 7) is 65.2. The highest BCUT2D eigenvalue weighted by Gasteiger charge is 2.31. The van der Waals surface area contributed by atoms with Crippen LogP contribution in [0.25, 0.3) is 0 Å². The number of hydrogen-bond donors (Lipinski definition) is 11. The minimum Gasteiger partial charge on any atom is -0.508 e. The SMILES string of the molecule is C.C.C.C.C.C.C.C.C.C.C.C.C.C.C.C.C.C.C.C.CCC.CCC.CCC.CCC.CCC.CCC.CCC(C)C.CCC(CC)C(=O)O.CCC(O)(CC)C(=O)O.CCC(O)CC.CCC=CCC(C)CC.CCCN.CCN.COC(=O)CC(C)C(=O)O.COCOCCO.Cc1ccccc1.Cc1ccccc1.Cc1ccccc1C.OCO.Oc1ccccc1. The predicted molar refractivity (Wildman–Crippen MR) is 619 cm³/mol. The van der Waals surface area contributed by atoms with Crippen molar-refractivity contribution in [2.75, 3.05) is 54.1 Å². The second-order valence-electron chi connectivity index (χ2n) is 25.2. The number of aliphatic hydroxyl groups excluding tert-OH is 3. The smallest absolute Gasteiger partial charge is 0.335 e. The van der Waals surface area contributed by atoms with Gasteiger partial charge in [0.25, 0.3) is 0 Å². The minimum atomic E-state index is -1.50. The van der Waals surface area contributed by atoms with E-state index in [0.717, 1.165) is 57.0 Å². The van der Waals surface area contributed by atoms with Crippen molar-refractivity contribution in [2.24, 2.45) is 35.1 Å². The van der Waals surface area contributed by atoms with E-state index in [1.165, 1.54) is 108 Å². The van der Waals surface area contributed by atoms with Gasteiger partial charge in [0.05, 0.1) is 44.7 Å². The van der Waals surface area contributed by atoms with Gasteiger partial charge in [0.1, 0.15) is 19.3 Å². The molecule has 0 spiro atoms. The highest BCUT2D eigenvalue weighted by Crippen LogP contribution is 2.14. The number of aromatic hydroxyl groups is 1. The first kappa shape index (κ1) is 243. The Morgan fingerprint density at radius 3 is 0.794 bits per heavy atom. The van der Waals surface area contributed by atoms with Gasteiger partial charge < -0.3 is 71.6 Å². The first-order chi connectivity index (χ1) is 52.4. The zero-order chi connectivity index (χ0) is 90.5. The molecular weight excluding hydrogens is 1640 g/mol. The molecule has 4 aromatic carbocycles. The monoisotopic (exact) mass is 1910 g/mol. The molecule has 0 bridgehead atoms. The molecule has 0 radical (unpaired) electrons. The maximum atomic E-state index is 10.4. The average molecular weight is 1910 g/mol. The van der Waals surface area contributed by atoms with Crippen molar-refractivity contribution < 1.29 is 79.3 Å². The van der Waals surface area contributed by atoms with Crippen LogP contribution in [0.5, 0.6) is 5.75 Å².